The van der Waals surface area contributed by atoms with Crippen LogP contribution in [0, 0.1) is 5.92 Å². The Labute approximate surface area is 265 Å². The van der Waals surface area contributed by atoms with Crippen LogP contribution in [0.5, 0.6) is 11.5 Å². The molecule has 1 saturated heterocycles. The third-order valence-corrected chi connectivity index (χ3v) is 7.96. The van der Waals surface area contributed by atoms with Crippen LogP contribution in [-0.4, -0.2) is 101 Å². The number of piperazine rings is 1. The summed E-state index contributed by atoms with van der Waals surface area (Å²) in [6.45, 7) is 11.9. The van der Waals surface area contributed by atoms with E-state index in [0.29, 0.717) is 38.3 Å². The van der Waals surface area contributed by atoms with Gasteiger partial charge in [-0.3, -0.25) is 19.4 Å². The molecule has 2 heterocycles. The van der Waals surface area contributed by atoms with Crippen molar-refractivity contribution in [1.82, 2.24) is 25.8 Å². The predicted octanol–water partition coefficient (Wildman–Crippen LogP) is 2.20. The summed E-state index contributed by atoms with van der Waals surface area (Å²) in [6.07, 6.45) is -2.01. The average molecular weight is 626 g/mol. The largest absolute Gasteiger partial charge is 0.465 e. The van der Waals surface area contributed by atoms with Crippen LogP contribution in [0.15, 0.2) is 48.5 Å². The van der Waals surface area contributed by atoms with Crippen molar-refractivity contribution in [2.24, 2.45) is 5.92 Å². The minimum Gasteiger partial charge on any atom is -0.465 e. The van der Waals surface area contributed by atoms with Crippen LogP contribution in [-0.2, 0) is 22.6 Å². The van der Waals surface area contributed by atoms with Crippen LogP contribution in [0.3, 0.4) is 0 Å². The monoisotopic (exact) mass is 625 g/mol. The smallest absolute Gasteiger partial charge is 0.405 e. The summed E-state index contributed by atoms with van der Waals surface area (Å²) in [5, 5.41) is 29.2. The molecule has 4 rings (SSSR count). The molecule has 4 atom stereocenters. The zero-order chi connectivity index (χ0) is 32.7. The van der Waals surface area contributed by atoms with E-state index in [1.54, 1.807) is 13.8 Å². The molecule has 0 aromatic heterocycles. The van der Waals surface area contributed by atoms with Gasteiger partial charge in [-0.25, -0.2) is 4.79 Å². The lowest BCUT2D eigenvalue weighted by Gasteiger charge is -2.43. The van der Waals surface area contributed by atoms with E-state index in [-0.39, 0.29) is 25.2 Å². The summed E-state index contributed by atoms with van der Waals surface area (Å²) < 4.78 is 11.0. The fourth-order valence-electron chi connectivity index (χ4n) is 5.70. The maximum atomic E-state index is 13.6. The van der Waals surface area contributed by atoms with Crippen LogP contribution in [0.25, 0.3) is 0 Å². The van der Waals surface area contributed by atoms with Gasteiger partial charge in [0.15, 0.2) is 11.5 Å². The number of carbonyl (C=O) groups excluding carboxylic acids is 2. The zero-order valence-corrected chi connectivity index (χ0v) is 26.8. The van der Waals surface area contributed by atoms with Gasteiger partial charge in [0.05, 0.1) is 12.1 Å². The maximum absolute atomic E-state index is 13.6. The Morgan fingerprint density at radius 3 is 2.36 bits per heavy atom. The number of hydrogen-bond donors (Lipinski definition) is 5. The first-order valence-electron chi connectivity index (χ1n) is 15.5. The van der Waals surface area contributed by atoms with Gasteiger partial charge in [0, 0.05) is 38.3 Å². The van der Waals surface area contributed by atoms with E-state index < -0.39 is 41.8 Å². The van der Waals surface area contributed by atoms with Gasteiger partial charge in [0.25, 0.3) is 0 Å². The Morgan fingerprint density at radius 2 is 1.69 bits per heavy atom. The summed E-state index contributed by atoms with van der Waals surface area (Å²) in [5.74, 6) is 0.470. The van der Waals surface area contributed by atoms with Crippen LogP contribution in [0.2, 0.25) is 0 Å². The fourth-order valence-corrected chi connectivity index (χ4v) is 5.70. The molecule has 5 N–H and O–H groups in total. The molecular formula is C33H47N5O7. The molecule has 3 amide bonds. The van der Waals surface area contributed by atoms with Gasteiger partial charge >= 0.3 is 6.09 Å². The van der Waals surface area contributed by atoms with Crippen molar-refractivity contribution in [3.05, 3.63) is 59.7 Å². The summed E-state index contributed by atoms with van der Waals surface area (Å²) in [6, 6.07) is 13.1. The van der Waals surface area contributed by atoms with E-state index in [0.717, 1.165) is 16.9 Å². The molecule has 1 fully saturated rings. The Hall–Kier alpha value is -3.87. The summed E-state index contributed by atoms with van der Waals surface area (Å²) >= 11 is 0. The van der Waals surface area contributed by atoms with Crippen molar-refractivity contribution in [1.29, 1.82) is 0 Å². The Balaban J connectivity index is 1.51. The van der Waals surface area contributed by atoms with Crippen molar-refractivity contribution in [3.63, 3.8) is 0 Å². The fraction of sp³-hybridized carbons (Fsp3) is 0.545. The molecule has 2 aliphatic rings. The van der Waals surface area contributed by atoms with Gasteiger partial charge in [-0.15, -0.1) is 0 Å². The van der Waals surface area contributed by atoms with Gasteiger partial charge in [-0.1, -0.05) is 50.2 Å². The summed E-state index contributed by atoms with van der Waals surface area (Å²) in [5.41, 5.74) is 1.50. The highest BCUT2D eigenvalue weighted by atomic mass is 16.7. The minimum absolute atomic E-state index is 0.135. The van der Waals surface area contributed by atoms with Crippen LogP contribution in [0.1, 0.15) is 45.7 Å². The van der Waals surface area contributed by atoms with Crippen molar-refractivity contribution in [2.45, 2.75) is 77.4 Å². The molecule has 12 heteroatoms. The highest BCUT2D eigenvalue weighted by molar-refractivity contribution is 5.86. The number of nitrogens with zero attached hydrogens (tertiary/aromatic N) is 2. The van der Waals surface area contributed by atoms with E-state index in [1.807, 2.05) is 74.2 Å². The first-order valence-corrected chi connectivity index (χ1v) is 15.5. The molecule has 12 nitrogen and oxygen atoms in total. The number of benzene rings is 2. The lowest BCUT2D eigenvalue weighted by atomic mass is 9.97. The van der Waals surface area contributed by atoms with Crippen molar-refractivity contribution in [2.75, 3.05) is 33.0 Å². The molecule has 0 spiro atoms. The third kappa shape index (κ3) is 9.81. The molecule has 0 unspecified atom stereocenters. The zero-order valence-electron chi connectivity index (χ0n) is 26.8. The average Bonchev–Trinajstić information content (AvgIpc) is 3.43. The number of carboxylic acid groups (broad SMARTS) is 1. The second-order valence-corrected chi connectivity index (χ2v) is 13.2. The Morgan fingerprint density at radius 1 is 0.978 bits per heavy atom. The number of aliphatic hydroxyl groups excluding tert-OH is 1. The molecule has 0 aliphatic carbocycles. The lowest BCUT2D eigenvalue weighted by Crippen LogP contribution is -2.63. The van der Waals surface area contributed by atoms with Gasteiger partial charge < -0.3 is 35.6 Å². The predicted molar refractivity (Wildman–Crippen MR) is 169 cm³/mol. The summed E-state index contributed by atoms with van der Waals surface area (Å²) in [4.78, 5) is 42.5. The molecule has 246 valence electrons. The van der Waals surface area contributed by atoms with Crippen molar-refractivity contribution in [3.8, 4) is 11.5 Å². The normalized spacial score (nSPS) is 19.0. The Bertz CT molecular complexity index is 1320. The molecule has 45 heavy (non-hydrogen) atoms. The minimum atomic E-state index is -1.30. The van der Waals surface area contributed by atoms with Gasteiger partial charge in [-0.05, 0) is 56.4 Å². The highest BCUT2D eigenvalue weighted by Crippen LogP contribution is 2.33. The molecule has 0 bridgehead atoms. The van der Waals surface area contributed by atoms with Gasteiger partial charge in [0.1, 0.15) is 12.1 Å². The number of carbonyl (C=O) groups is 3. The SMILES string of the molecule is CC(C)[C@H](NC(=O)O)C(=O)N[C@@H](Cc1ccccc1)[C@H](O)CN1CCN(Cc2ccc3c(c2)OCO3)C[C@H]1C(=O)NC(C)(C)C. The van der Waals surface area contributed by atoms with Crippen LogP contribution < -0.4 is 25.4 Å². The van der Waals surface area contributed by atoms with Crippen LogP contribution in [0.4, 0.5) is 4.79 Å². The van der Waals surface area contributed by atoms with Gasteiger partial charge in [0.2, 0.25) is 18.6 Å². The molecule has 0 radical (unpaired) electrons. The number of β-amino-alcohol motifs (C(OH)–C–C–N with tert-alkyl or cyclic N) is 1. The van der Waals surface area contributed by atoms with Crippen molar-refractivity contribution >= 4 is 17.9 Å². The number of ether oxygens (including phenoxy) is 2. The Kier molecular flexibility index (Phi) is 11.3. The second kappa shape index (κ2) is 14.9. The van der Waals surface area contributed by atoms with E-state index in [9.17, 15) is 24.6 Å². The number of amides is 3. The third-order valence-electron chi connectivity index (χ3n) is 7.96. The van der Waals surface area contributed by atoms with E-state index >= 15 is 0 Å². The van der Waals surface area contributed by atoms with Gasteiger partial charge in [-0.2, -0.15) is 0 Å². The first-order chi connectivity index (χ1) is 21.3. The standard InChI is InChI=1S/C33H47N5O7/c1-21(2)29(35-32(42)43)31(41)34-24(15-22-9-7-6-8-10-22)26(39)19-38-14-13-37(18-25(38)30(40)36-33(3,4)5)17-23-11-12-27-28(16-23)45-20-44-27/h6-12,16,21,24-26,29,35,39H,13-15,17-20H2,1-5H3,(H,34,41)(H,36,40)(H,42,43)/t24-,25-,26+,29-/m0/s1. The molecule has 2 aliphatic heterocycles. The second-order valence-electron chi connectivity index (χ2n) is 13.2. The van der Waals surface area contributed by atoms with E-state index in [4.69, 9.17) is 9.47 Å². The number of hydrogen-bond acceptors (Lipinski definition) is 8. The number of nitrogens with one attached hydrogen (secondary N) is 3. The number of rotatable bonds is 12. The van der Waals surface area contributed by atoms with Crippen molar-refractivity contribution < 1.29 is 34.1 Å². The molecular weight excluding hydrogens is 578 g/mol. The first kappa shape index (κ1) is 34.0. The lowest BCUT2D eigenvalue weighted by molar-refractivity contribution is -0.132. The quantitative estimate of drug-likeness (QED) is 0.239. The maximum Gasteiger partial charge on any atom is 0.405 e. The topological polar surface area (TPSA) is 153 Å². The summed E-state index contributed by atoms with van der Waals surface area (Å²) in [7, 11) is 0. The van der Waals surface area contributed by atoms with E-state index in [1.165, 1.54) is 0 Å². The molecule has 0 saturated carbocycles. The molecule has 2 aromatic rings. The molecule has 2 aromatic carbocycles. The van der Waals surface area contributed by atoms with Crippen LogP contribution >= 0.6 is 0 Å². The van der Waals surface area contributed by atoms with E-state index in [2.05, 4.69) is 20.9 Å². The highest BCUT2D eigenvalue weighted by Gasteiger charge is 2.37. The number of aliphatic hydroxyl groups is 1. The number of fused-ring (bicyclic) bond motifs is 1.